The summed E-state index contributed by atoms with van der Waals surface area (Å²) in [6.07, 6.45) is 3.23. The molecule has 410 valence electrons. The third-order valence-corrected chi connectivity index (χ3v) is 11.4. The summed E-state index contributed by atoms with van der Waals surface area (Å²) in [5.41, 5.74) is 6.12. The number of para-hydroxylation sites is 1. The summed E-state index contributed by atoms with van der Waals surface area (Å²) in [4.78, 5) is 42.0. The van der Waals surface area contributed by atoms with Crippen molar-refractivity contribution in [2.45, 2.75) is 71.3 Å². The summed E-state index contributed by atoms with van der Waals surface area (Å²) in [6.45, 7) is 7.20. The van der Waals surface area contributed by atoms with E-state index in [9.17, 15) is 32.3 Å². The van der Waals surface area contributed by atoms with Crippen molar-refractivity contribution in [1.82, 2.24) is 21.3 Å². The zero-order valence-electron chi connectivity index (χ0n) is 44.6. The standard InChI is InChI=1S/C21H20O2.C12H16N2O2.C11H14N2O3.C9H9F3.C7H9P.C2H6/c1-22-19-13-9-17(10-14-19)7-8-18-11-15-21(16-12-18)23-20-5-3-2-4-6-20;15-9-13-8-12(14-10-16)7-6-11-4-2-1-3-5-11;1-16-10-4-2-9(3-5-10)11(15)13-7-6-12-8-14;1-2-7-3-5-8(6-4-7)9(10,11)12;8-6-7-4-2-1-3-5-7;1-2/h2-6,9-16H,7-8H2,1H3;1-5,9-10,12H,6-8H2,(H,13,15)(H,14,16);2-5,8H,6-7H2,1H3,(H,12,14)(H,13,15);3-6H,2H2,1H3;1-5H,6,8H2;1-2H3/t;12-;;;;/m.0..../s1. The first-order chi connectivity index (χ1) is 37.4. The molecule has 0 aliphatic rings. The van der Waals surface area contributed by atoms with Gasteiger partial charge in [0.2, 0.25) is 19.2 Å². The number of amides is 4. The largest absolute Gasteiger partial charge is 0.497 e. The molecule has 4 N–H and O–H groups in total. The lowest BCUT2D eigenvalue weighted by atomic mass is 10.0. The number of hydrogen-bond donors (Lipinski definition) is 4. The Morgan fingerprint density at radius 1 is 0.532 bits per heavy atom. The highest BCUT2D eigenvalue weighted by atomic mass is 31.0. The SMILES string of the molecule is CC.CCc1ccc(C(F)(F)F)cc1.COc1ccc(C(=O)NCCNC=O)cc1.COc1ccc(CCc2ccc(Oc3ccccc3)cc2)cc1.O=CNC[C@H](CCc1ccccc1)NC=O.PCc1ccccc1. The maximum atomic E-state index is 12.0. The molecule has 1 unspecified atom stereocenters. The van der Waals surface area contributed by atoms with Crippen LogP contribution in [0.4, 0.5) is 13.2 Å². The van der Waals surface area contributed by atoms with Crippen molar-refractivity contribution >= 4 is 34.4 Å². The minimum atomic E-state index is -4.22. The number of methoxy groups -OCH3 is 2. The van der Waals surface area contributed by atoms with Gasteiger partial charge in [-0.15, -0.1) is 9.24 Å². The van der Waals surface area contributed by atoms with E-state index in [4.69, 9.17) is 14.2 Å². The van der Waals surface area contributed by atoms with Gasteiger partial charge in [0.1, 0.15) is 23.0 Å². The quantitative estimate of drug-likeness (QED) is 0.0301. The predicted octanol–water partition coefficient (Wildman–Crippen LogP) is 12.3. The number of carbonyl (C=O) groups is 4. The van der Waals surface area contributed by atoms with Gasteiger partial charge < -0.3 is 35.5 Å². The number of alkyl halides is 3. The average molecular weight is 1080 g/mol. The summed E-state index contributed by atoms with van der Waals surface area (Å²) >= 11 is 0. The van der Waals surface area contributed by atoms with Crippen LogP contribution in [-0.2, 0) is 52.4 Å². The van der Waals surface area contributed by atoms with Crippen LogP contribution >= 0.6 is 9.24 Å². The van der Waals surface area contributed by atoms with E-state index in [0.717, 1.165) is 73.2 Å². The van der Waals surface area contributed by atoms with Gasteiger partial charge in [-0.1, -0.05) is 136 Å². The summed E-state index contributed by atoms with van der Waals surface area (Å²) in [5.74, 6) is 3.16. The number of hydrogen-bond acceptors (Lipinski definition) is 7. The fourth-order valence-corrected chi connectivity index (χ4v) is 6.91. The predicted molar refractivity (Wildman–Crippen MR) is 307 cm³/mol. The molecule has 4 amide bonds. The van der Waals surface area contributed by atoms with Gasteiger partial charge in [-0.3, -0.25) is 19.2 Å². The van der Waals surface area contributed by atoms with E-state index in [0.29, 0.717) is 50.2 Å². The number of rotatable bonds is 22. The summed E-state index contributed by atoms with van der Waals surface area (Å²) in [5, 5.41) is 10.4. The lowest BCUT2D eigenvalue weighted by Gasteiger charge is -2.15. The van der Waals surface area contributed by atoms with E-state index in [1.165, 1.54) is 34.4 Å². The maximum absolute atomic E-state index is 12.0. The maximum Gasteiger partial charge on any atom is 0.416 e. The molecule has 77 heavy (non-hydrogen) atoms. The van der Waals surface area contributed by atoms with Gasteiger partial charge in [0.05, 0.1) is 19.8 Å². The van der Waals surface area contributed by atoms with E-state index in [1.54, 1.807) is 38.5 Å². The van der Waals surface area contributed by atoms with Crippen molar-refractivity contribution in [3.05, 3.63) is 227 Å². The Bertz CT molecular complexity index is 2600. The fourth-order valence-electron chi connectivity index (χ4n) is 6.64. The minimum absolute atomic E-state index is 0.0112. The zero-order valence-corrected chi connectivity index (χ0v) is 45.8. The molecule has 2 atom stereocenters. The van der Waals surface area contributed by atoms with Gasteiger partial charge in [-0.25, -0.2) is 0 Å². The molecule has 0 fully saturated rings. The first-order valence-electron chi connectivity index (χ1n) is 25.3. The van der Waals surface area contributed by atoms with Crippen molar-refractivity contribution in [3.8, 4) is 23.0 Å². The van der Waals surface area contributed by atoms with Crippen molar-refractivity contribution in [2.75, 3.05) is 33.9 Å². The number of aryl methyl sites for hydroxylation is 4. The topological polar surface area (TPSA) is 144 Å². The Morgan fingerprint density at radius 3 is 1.42 bits per heavy atom. The van der Waals surface area contributed by atoms with Crippen LogP contribution in [0, 0.1) is 0 Å². The van der Waals surface area contributed by atoms with Gasteiger partial charge in [0.25, 0.3) is 5.91 Å². The molecule has 15 heteroatoms. The van der Waals surface area contributed by atoms with Crippen LogP contribution in [0.25, 0.3) is 0 Å². The third-order valence-electron chi connectivity index (χ3n) is 10.9. The molecular formula is C62H74F3N4O7P. The van der Waals surface area contributed by atoms with Crippen molar-refractivity contribution in [3.63, 3.8) is 0 Å². The zero-order chi connectivity index (χ0) is 56.4. The van der Waals surface area contributed by atoms with E-state index < -0.39 is 11.7 Å². The number of nitrogens with one attached hydrogen (secondary N) is 4. The number of carbonyl (C=O) groups excluding carboxylic acids is 4. The fraction of sp³-hybridized carbons (Fsp3) is 0.258. The molecular weight excluding hydrogens is 1000 g/mol. The monoisotopic (exact) mass is 1070 g/mol. The van der Waals surface area contributed by atoms with Crippen LogP contribution in [0.5, 0.6) is 23.0 Å². The highest BCUT2D eigenvalue weighted by Gasteiger charge is 2.29. The number of ether oxygens (including phenoxy) is 3. The smallest absolute Gasteiger partial charge is 0.416 e. The second-order valence-electron chi connectivity index (χ2n) is 16.2. The van der Waals surface area contributed by atoms with E-state index >= 15 is 0 Å². The molecule has 0 bridgehead atoms. The molecule has 0 radical (unpaired) electrons. The number of benzene rings is 7. The minimum Gasteiger partial charge on any atom is -0.497 e. The molecule has 7 aromatic rings. The van der Waals surface area contributed by atoms with Gasteiger partial charge in [-0.2, -0.15) is 13.2 Å². The summed E-state index contributed by atoms with van der Waals surface area (Å²) in [7, 11) is 5.95. The van der Waals surface area contributed by atoms with Gasteiger partial charge in [0.15, 0.2) is 0 Å². The molecule has 0 aliphatic carbocycles. The van der Waals surface area contributed by atoms with Crippen LogP contribution in [0.2, 0.25) is 0 Å². The molecule has 0 aliphatic heterocycles. The first-order valence-corrected chi connectivity index (χ1v) is 26.1. The highest BCUT2D eigenvalue weighted by molar-refractivity contribution is 7.15. The van der Waals surface area contributed by atoms with Gasteiger partial charge in [-0.05, 0) is 139 Å². The second-order valence-corrected chi connectivity index (χ2v) is 16.6. The van der Waals surface area contributed by atoms with E-state index in [1.807, 2.05) is 112 Å². The first kappa shape index (κ1) is 65.2. The Kier molecular flexibility index (Phi) is 34.2. The third kappa shape index (κ3) is 29.1. The highest BCUT2D eigenvalue weighted by Crippen LogP contribution is 2.29. The molecule has 11 nitrogen and oxygen atoms in total. The Morgan fingerprint density at radius 2 is 0.974 bits per heavy atom. The Labute approximate surface area is 455 Å². The molecule has 0 saturated carbocycles. The summed E-state index contributed by atoms with van der Waals surface area (Å²) in [6, 6.07) is 58.8. The van der Waals surface area contributed by atoms with Crippen LogP contribution < -0.4 is 35.5 Å². The van der Waals surface area contributed by atoms with Crippen LogP contribution in [0.15, 0.2) is 188 Å². The Balaban J connectivity index is 0.000000338. The normalized spacial score (nSPS) is 10.2. The van der Waals surface area contributed by atoms with E-state index in [2.05, 4.69) is 79.0 Å². The molecule has 7 aromatic carbocycles. The second kappa shape index (κ2) is 40.4. The van der Waals surface area contributed by atoms with Crippen molar-refractivity contribution in [1.29, 1.82) is 0 Å². The van der Waals surface area contributed by atoms with E-state index in [-0.39, 0.29) is 11.9 Å². The van der Waals surface area contributed by atoms with Crippen LogP contribution in [-0.4, -0.2) is 65.0 Å². The number of halogens is 3. The molecule has 0 saturated heterocycles. The average Bonchev–Trinajstić information content (AvgIpc) is 3.48. The molecule has 7 rings (SSSR count). The lowest BCUT2D eigenvalue weighted by molar-refractivity contribution is -0.137. The van der Waals surface area contributed by atoms with Gasteiger partial charge >= 0.3 is 6.18 Å². The van der Waals surface area contributed by atoms with Crippen LogP contribution in [0.1, 0.15) is 70.9 Å². The molecule has 0 aromatic heterocycles. The van der Waals surface area contributed by atoms with Crippen molar-refractivity contribution in [2.24, 2.45) is 0 Å². The van der Waals surface area contributed by atoms with Gasteiger partial charge in [0, 0.05) is 31.2 Å². The summed E-state index contributed by atoms with van der Waals surface area (Å²) < 4.78 is 52.0. The molecule has 0 spiro atoms. The Hall–Kier alpha value is -7.96. The van der Waals surface area contributed by atoms with Crippen LogP contribution in [0.3, 0.4) is 0 Å². The molecule has 0 heterocycles. The lowest BCUT2D eigenvalue weighted by Crippen LogP contribution is -2.37. The van der Waals surface area contributed by atoms with Crippen molar-refractivity contribution < 1.29 is 46.6 Å².